The maximum absolute atomic E-state index is 14.2. The van der Waals surface area contributed by atoms with E-state index in [1.807, 2.05) is 78.9 Å². The molecule has 10 heteroatoms. The van der Waals surface area contributed by atoms with Gasteiger partial charge in [0.2, 0.25) is 0 Å². The fraction of sp³-hybridized carbons (Fsp3) is 0.342. The summed E-state index contributed by atoms with van der Waals surface area (Å²) in [5.74, 6) is 1.38. The minimum atomic E-state index is -1.76. The number of halogens is 1. The van der Waals surface area contributed by atoms with E-state index in [0.29, 0.717) is 27.8 Å². The van der Waals surface area contributed by atoms with Crippen LogP contribution in [-0.2, 0) is 50.2 Å². The third-order valence-electron chi connectivity index (χ3n) is 7.87. The monoisotopic (exact) mass is 678 g/mol. The van der Waals surface area contributed by atoms with Gasteiger partial charge in [-0.15, -0.1) is 0 Å². The van der Waals surface area contributed by atoms with E-state index < -0.39 is 29.9 Å². The van der Waals surface area contributed by atoms with E-state index in [-0.39, 0.29) is 26.4 Å². The summed E-state index contributed by atoms with van der Waals surface area (Å²) in [6, 6.07) is 29.1. The maximum Gasteiger partial charge on any atom is 0.341 e. The number of hydrogen-bond acceptors (Lipinski definition) is 9. The first-order valence-electron chi connectivity index (χ1n) is 15.5. The minimum Gasteiger partial charge on any atom is -0.497 e. The molecular weight excluding hydrogens is 636 g/mol. The van der Waals surface area contributed by atoms with Gasteiger partial charge in [0, 0.05) is 5.02 Å². The molecule has 0 saturated heterocycles. The van der Waals surface area contributed by atoms with Crippen LogP contribution in [-0.4, -0.2) is 56.3 Å². The number of carbonyl (C=O) groups excluding carboxylic acids is 1. The average molecular weight is 679 g/mol. The van der Waals surface area contributed by atoms with Crippen LogP contribution in [0.5, 0.6) is 17.2 Å². The van der Waals surface area contributed by atoms with Crippen molar-refractivity contribution in [3.63, 3.8) is 0 Å². The zero-order valence-corrected chi connectivity index (χ0v) is 28.6. The van der Waals surface area contributed by atoms with Gasteiger partial charge in [-0.3, -0.25) is 0 Å². The van der Waals surface area contributed by atoms with E-state index in [4.69, 9.17) is 44.8 Å². The Morgan fingerprint density at radius 2 is 1.17 bits per heavy atom. The summed E-state index contributed by atoms with van der Waals surface area (Å²) >= 11 is 6.18. The van der Waals surface area contributed by atoms with E-state index in [1.54, 1.807) is 53.4 Å². The average Bonchev–Trinajstić information content (AvgIpc) is 3.11. The molecule has 48 heavy (non-hydrogen) atoms. The topological polar surface area (TPSA) is 102 Å². The lowest BCUT2D eigenvalue weighted by Crippen LogP contribution is -2.59. The summed E-state index contributed by atoms with van der Waals surface area (Å²) in [6.45, 7) is 3.35. The highest BCUT2D eigenvalue weighted by atomic mass is 35.5. The first kappa shape index (κ1) is 36.7. The summed E-state index contributed by atoms with van der Waals surface area (Å²) < 4.78 is 41.1. The molecule has 0 fully saturated rings. The van der Waals surface area contributed by atoms with Crippen molar-refractivity contribution >= 4 is 17.6 Å². The van der Waals surface area contributed by atoms with Gasteiger partial charge in [0.25, 0.3) is 0 Å². The smallest absolute Gasteiger partial charge is 0.341 e. The lowest BCUT2D eigenvalue weighted by molar-refractivity contribution is -0.227. The number of benzene rings is 4. The molecule has 0 aliphatic rings. The molecule has 256 valence electrons. The van der Waals surface area contributed by atoms with E-state index in [0.717, 1.165) is 16.7 Å². The van der Waals surface area contributed by atoms with Gasteiger partial charge < -0.3 is 38.3 Å². The lowest BCUT2D eigenvalue weighted by atomic mass is 9.91. The second kappa shape index (κ2) is 17.9. The molecule has 9 nitrogen and oxygen atoms in total. The molecule has 4 rings (SSSR count). The molecule has 0 amide bonds. The van der Waals surface area contributed by atoms with E-state index >= 15 is 0 Å². The van der Waals surface area contributed by atoms with Crippen LogP contribution in [0.3, 0.4) is 0 Å². The Kier molecular flexibility index (Phi) is 13.7. The normalized spacial score (nSPS) is 14.3. The van der Waals surface area contributed by atoms with Crippen molar-refractivity contribution in [3.05, 3.63) is 124 Å². The Bertz CT molecular complexity index is 1560. The number of hydrogen-bond donors (Lipinski definition) is 1. The van der Waals surface area contributed by atoms with Gasteiger partial charge in [0.15, 0.2) is 5.60 Å². The van der Waals surface area contributed by atoms with Gasteiger partial charge in [-0.2, -0.15) is 0 Å². The largest absolute Gasteiger partial charge is 0.497 e. The zero-order chi connectivity index (χ0) is 34.5. The highest BCUT2D eigenvalue weighted by Gasteiger charge is 2.51. The summed E-state index contributed by atoms with van der Waals surface area (Å²) in [6.07, 6.45) is -3.23. The molecule has 0 spiro atoms. The van der Waals surface area contributed by atoms with Crippen LogP contribution in [0.4, 0.5) is 0 Å². The second-order valence-electron chi connectivity index (χ2n) is 11.4. The Morgan fingerprint density at radius 1 is 0.688 bits per heavy atom. The minimum absolute atomic E-state index is 0.0279. The fourth-order valence-electron chi connectivity index (χ4n) is 5.00. The number of esters is 1. The predicted molar refractivity (Wildman–Crippen MR) is 182 cm³/mol. The number of aliphatic hydroxyl groups excluding tert-OH is 1. The summed E-state index contributed by atoms with van der Waals surface area (Å²) in [5, 5.41) is 11.7. The first-order valence-corrected chi connectivity index (χ1v) is 15.9. The highest BCUT2D eigenvalue weighted by molar-refractivity contribution is 6.30. The van der Waals surface area contributed by atoms with Gasteiger partial charge >= 0.3 is 5.97 Å². The Hall–Kier alpha value is -4.12. The van der Waals surface area contributed by atoms with Crippen molar-refractivity contribution in [2.45, 2.75) is 64.2 Å². The first-order chi connectivity index (χ1) is 23.1. The molecule has 0 aromatic heterocycles. The predicted octanol–water partition coefficient (Wildman–Crippen LogP) is 6.94. The molecule has 4 aromatic rings. The Morgan fingerprint density at radius 3 is 1.62 bits per heavy atom. The van der Waals surface area contributed by atoms with Crippen molar-refractivity contribution in [3.8, 4) is 17.2 Å². The number of methoxy groups -OCH3 is 3. The van der Waals surface area contributed by atoms with E-state index in [1.165, 1.54) is 0 Å². The maximum atomic E-state index is 14.2. The summed E-state index contributed by atoms with van der Waals surface area (Å²) in [4.78, 5) is 14.2. The van der Waals surface area contributed by atoms with Gasteiger partial charge in [-0.05, 0) is 84.6 Å². The van der Waals surface area contributed by atoms with Gasteiger partial charge in [0.05, 0.1) is 47.3 Å². The highest BCUT2D eigenvalue weighted by Crippen LogP contribution is 2.31. The van der Waals surface area contributed by atoms with Crippen LogP contribution < -0.4 is 14.2 Å². The van der Waals surface area contributed by atoms with Crippen molar-refractivity contribution < 1.29 is 43.1 Å². The molecule has 1 N–H and O–H groups in total. The lowest BCUT2D eigenvalue weighted by Gasteiger charge is -2.40. The van der Waals surface area contributed by atoms with Gasteiger partial charge in [-0.25, -0.2) is 4.79 Å². The molecular formula is C38H43ClO9. The third kappa shape index (κ3) is 10.2. The van der Waals surface area contributed by atoms with E-state index in [2.05, 4.69) is 0 Å². The van der Waals surface area contributed by atoms with Crippen molar-refractivity contribution in [1.82, 2.24) is 0 Å². The van der Waals surface area contributed by atoms with Crippen LogP contribution >= 0.6 is 11.6 Å². The third-order valence-corrected chi connectivity index (χ3v) is 8.10. The molecule has 0 heterocycles. The zero-order valence-electron chi connectivity index (χ0n) is 27.9. The summed E-state index contributed by atoms with van der Waals surface area (Å²) in [7, 11) is 4.78. The molecule has 0 saturated carbocycles. The number of rotatable bonds is 18. The van der Waals surface area contributed by atoms with Gasteiger partial charge in [0.1, 0.15) is 36.1 Å². The Labute approximate surface area is 287 Å². The number of ether oxygens (including phenoxy) is 7. The van der Waals surface area contributed by atoms with Gasteiger partial charge in [-0.1, -0.05) is 60.1 Å². The van der Waals surface area contributed by atoms with Crippen molar-refractivity contribution in [1.29, 1.82) is 0 Å². The Balaban J connectivity index is 1.68. The molecule has 0 unspecified atom stereocenters. The van der Waals surface area contributed by atoms with Crippen molar-refractivity contribution in [2.24, 2.45) is 0 Å². The SMILES string of the molecule is COc1ccc(CO[C@H]([C@@H](C)O)[C@H](OCc2ccc(OC)cc2)[C@@](C)(OCc2ccc(OC)cc2)C(=O)OCc2cccc(Cl)c2)cc1. The summed E-state index contributed by atoms with van der Waals surface area (Å²) in [5.41, 5.74) is 1.37. The van der Waals surface area contributed by atoms with Crippen molar-refractivity contribution in [2.75, 3.05) is 21.3 Å². The van der Waals surface area contributed by atoms with Crippen LogP contribution in [0.25, 0.3) is 0 Å². The number of carbonyl (C=O) groups is 1. The van der Waals surface area contributed by atoms with E-state index in [9.17, 15) is 9.90 Å². The van der Waals surface area contributed by atoms with Crippen LogP contribution in [0, 0.1) is 0 Å². The molecule has 0 aliphatic carbocycles. The number of aliphatic hydroxyl groups is 1. The van der Waals surface area contributed by atoms with Crippen LogP contribution in [0.15, 0.2) is 97.1 Å². The quantitative estimate of drug-likeness (QED) is 0.112. The van der Waals surface area contributed by atoms with Crippen LogP contribution in [0.1, 0.15) is 36.1 Å². The molecule has 0 radical (unpaired) electrons. The molecule has 4 aromatic carbocycles. The standard InChI is InChI=1S/C38H43ClO9/c1-26(40)35(45-22-27-9-15-32(42-3)16-10-27)36(46-23-28-11-17-33(43-4)18-12-28)38(2,48-25-29-13-19-34(44-5)20-14-29)37(41)47-24-30-7-6-8-31(39)21-30/h6-21,26,35-36,40H,22-25H2,1-5H3/t26-,35-,36+,38-/m1/s1. The second-order valence-corrected chi connectivity index (χ2v) is 11.8. The fourth-order valence-corrected chi connectivity index (χ4v) is 5.21. The van der Waals surface area contributed by atoms with Crippen LogP contribution in [0.2, 0.25) is 5.02 Å². The molecule has 4 atom stereocenters. The molecule has 0 aliphatic heterocycles. The molecule has 0 bridgehead atoms.